The normalized spacial score (nSPS) is 17.0. The Morgan fingerprint density at radius 1 is 0.250 bits per heavy atom. The highest BCUT2D eigenvalue weighted by Gasteiger charge is 2.15. The first-order valence-electron chi connectivity index (χ1n) is 12.8. The minimum Gasteiger partial charge on any atom is -0.289 e. The smallest absolute Gasteiger partial charge is 0.186 e. The number of hydrogen-bond donors (Lipinski definition) is 0. The maximum Gasteiger partial charge on any atom is 0.186 e. The van der Waals surface area contributed by atoms with Gasteiger partial charge in [-0.3, -0.25) is 19.2 Å². The second-order valence-corrected chi connectivity index (χ2v) is 9.14. The lowest BCUT2D eigenvalue weighted by Crippen LogP contribution is -2.06. The third-order valence-corrected chi connectivity index (χ3v) is 6.57. The third kappa shape index (κ3) is 5.82. The average molecular weight is 521 g/mol. The Labute approximate surface area is 232 Å². The van der Waals surface area contributed by atoms with Crippen molar-refractivity contribution in [2.45, 2.75) is 0 Å². The number of fused-ring (bicyclic) bond motifs is 4. The summed E-state index contributed by atoms with van der Waals surface area (Å²) in [4.78, 5) is 52.7. The van der Waals surface area contributed by atoms with Crippen LogP contribution < -0.4 is 0 Å². The van der Waals surface area contributed by atoms with Gasteiger partial charge in [-0.25, -0.2) is 0 Å². The number of benzene rings is 4. The molecule has 0 aliphatic heterocycles. The van der Waals surface area contributed by atoms with E-state index in [0.29, 0.717) is 22.3 Å². The minimum atomic E-state index is -0.308. The molecule has 5 rings (SSSR count). The lowest BCUT2D eigenvalue weighted by Gasteiger charge is -2.06. The summed E-state index contributed by atoms with van der Waals surface area (Å²) < 4.78 is 0. The standard InChI is InChI=1S/C36H24O4/c37-33-21-17-25-9-1-2-10-26(25)18-22-34(38)31-15-7-8-16-32(31)36(40)24-20-28-12-4-3-11-27(28)19-23-35(39)30-14-6-5-13-29(30)33/h1-24H/b21-17-,22-18-,23-19-,24-20-. The summed E-state index contributed by atoms with van der Waals surface area (Å²) in [7, 11) is 0. The van der Waals surface area contributed by atoms with Crippen molar-refractivity contribution in [2.75, 3.05) is 0 Å². The minimum absolute atomic E-state index is 0.293. The van der Waals surface area contributed by atoms with E-state index in [1.165, 1.54) is 24.3 Å². The average Bonchev–Trinajstić information content (AvgIpc) is 3.00. The van der Waals surface area contributed by atoms with Crippen LogP contribution in [0.2, 0.25) is 0 Å². The summed E-state index contributed by atoms with van der Waals surface area (Å²) in [5, 5.41) is 0. The van der Waals surface area contributed by atoms with Crippen LogP contribution in [-0.2, 0) is 0 Å². The second-order valence-electron chi connectivity index (χ2n) is 9.14. The fraction of sp³-hybridized carbons (Fsp3) is 0. The molecule has 0 bridgehead atoms. The van der Waals surface area contributed by atoms with Gasteiger partial charge < -0.3 is 0 Å². The Bertz CT molecular complexity index is 1510. The second kappa shape index (κ2) is 11.9. The summed E-state index contributed by atoms with van der Waals surface area (Å²) in [5.41, 5.74) is 4.07. The van der Waals surface area contributed by atoms with Crippen LogP contribution in [0.25, 0.3) is 24.3 Å². The fourth-order valence-corrected chi connectivity index (χ4v) is 4.48. The monoisotopic (exact) mass is 520 g/mol. The summed E-state index contributed by atoms with van der Waals surface area (Å²) >= 11 is 0. The van der Waals surface area contributed by atoms with Crippen molar-refractivity contribution in [3.05, 3.63) is 166 Å². The van der Waals surface area contributed by atoms with Crippen molar-refractivity contribution in [3.8, 4) is 0 Å². The SMILES string of the molecule is O=C1/C=C\c2ccccc2/C=C\C(=O)c2ccccc2C(=O)/C=C\c2ccccc2/C=C\C(=O)c2ccccc21. The Balaban J connectivity index is 1.64. The van der Waals surface area contributed by atoms with E-state index in [2.05, 4.69) is 0 Å². The Kier molecular flexibility index (Phi) is 7.79. The number of rotatable bonds is 0. The number of hydrogen-bond acceptors (Lipinski definition) is 4. The fourth-order valence-electron chi connectivity index (χ4n) is 4.48. The quantitative estimate of drug-likeness (QED) is 0.240. The molecule has 0 saturated heterocycles. The molecule has 192 valence electrons. The molecule has 4 aromatic rings. The molecular formula is C36H24O4. The van der Waals surface area contributed by atoms with Crippen molar-refractivity contribution in [2.24, 2.45) is 0 Å². The predicted molar refractivity (Wildman–Crippen MR) is 159 cm³/mol. The molecule has 1 aliphatic carbocycles. The van der Waals surface area contributed by atoms with Crippen LogP contribution in [0.15, 0.2) is 121 Å². The molecule has 4 nitrogen and oxygen atoms in total. The summed E-state index contributed by atoms with van der Waals surface area (Å²) in [5.74, 6) is -1.23. The topological polar surface area (TPSA) is 68.3 Å². The van der Waals surface area contributed by atoms with Crippen molar-refractivity contribution in [3.63, 3.8) is 0 Å². The molecule has 0 aromatic heterocycles. The maximum atomic E-state index is 13.2. The first kappa shape index (κ1) is 26.1. The Morgan fingerprint density at radius 3 is 0.675 bits per heavy atom. The van der Waals surface area contributed by atoms with E-state index in [-0.39, 0.29) is 23.1 Å². The molecule has 0 spiro atoms. The van der Waals surface area contributed by atoms with Gasteiger partial charge in [0.15, 0.2) is 23.1 Å². The largest absolute Gasteiger partial charge is 0.289 e. The van der Waals surface area contributed by atoms with Gasteiger partial charge in [-0.1, -0.05) is 121 Å². The number of allylic oxidation sites excluding steroid dienone is 4. The summed E-state index contributed by atoms with van der Waals surface area (Å²) in [6.45, 7) is 0. The van der Waals surface area contributed by atoms with Gasteiger partial charge in [0, 0.05) is 22.3 Å². The van der Waals surface area contributed by atoms with Crippen LogP contribution in [0.5, 0.6) is 0 Å². The number of carbonyl (C=O) groups is 4. The van der Waals surface area contributed by atoms with Gasteiger partial charge in [-0.05, 0) is 46.6 Å². The molecule has 0 amide bonds. The molecule has 4 aromatic carbocycles. The van der Waals surface area contributed by atoms with E-state index in [1.807, 2.05) is 48.5 Å². The van der Waals surface area contributed by atoms with Crippen LogP contribution in [-0.4, -0.2) is 23.1 Å². The van der Waals surface area contributed by atoms with E-state index >= 15 is 0 Å². The highest BCUT2D eigenvalue weighted by atomic mass is 16.1. The van der Waals surface area contributed by atoms with Gasteiger partial charge >= 0.3 is 0 Å². The van der Waals surface area contributed by atoms with E-state index in [1.54, 1.807) is 72.8 Å². The van der Waals surface area contributed by atoms with Crippen LogP contribution in [0.3, 0.4) is 0 Å². The molecule has 0 saturated carbocycles. The molecule has 0 N–H and O–H groups in total. The molecule has 0 atom stereocenters. The Morgan fingerprint density at radius 2 is 0.450 bits per heavy atom. The molecule has 0 unspecified atom stereocenters. The maximum absolute atomic E-state index is 13.2. The number of carbonyl (C=O) groups excluding carboxylic acids is 4. The molecule has 1 aliphatic rings. The zero-order chi connectivity index (χ0) is 27.9. The molecule has 0 heterocycles. The number of ketones is 4. The summed E-state index contributed by atoms with van der Waals surface area (Å²) in [6.07, 6.45) is 12.4. The third-order valence-electron chi connectivity index (χ3n) is 6.57. The van der Waals surface area contributed by atoms with E-state index in [0.717, 1.165) is 22.3 Å². The van der Waals surface area contributed by atoms with Gasteiger partial charge in [0.05, 0.1) is 0 Å². The Hall–Kier alpha value is -5.48. The van der Waals surface area contributed by atoms with Crippen molar-refractivity contribution >= 4 is 47.4 Å². The van der Waals surface area contributed by atoms with Crippen molar-refractivity contribution < 1.29 is 19.2 Å². The predicted octanol–water partition coefficient (Wildman–Crippen LogP) is 7.58. The lowest BCUT2D eigenvalue weighted by atomic mass is 9.96. The van der Waals surface area contributed by atoms with E-state index in [9.17, 15) is 19.2 Å². The zero-order valence-corrected chi connectivity index (χ0v) is 21.5. The van der Waals surface area contributed by atoms with Gasteiger partial charge in [0.25, 0.3) is 0 Å². The van der Waals surface area contributed by atoms with Gasteiger partial charge in [0.2, 0.25) is 0 Å². The molecule has 40 heavy (non-hydrogen) atoms. The molecule has 0 fully saturated rings. The summed E-state index contributed by atoms with van der Waals surface area (Å²) in [6, 6.07) is 28.1. The van der Waals surface area contributed by atoms with Gasteiger partial charge in [0.1, 0.15) is 0 Å². The van der Waals surface area contributed by atoms with Gasteiger partial charge in [-0.2, -0.15) is 0 Å². The lowest BCUT2D eigenvalue weighted by molar-refractivity contribution is 0.101. The van der Waals surface area contributed by atoms with Crippen LogP contribution in [0.4, 0.5) is 0 Å². The van der Waals surface area contributed by atoms with E-state index in [4.69, 9.17) is 0 Å². The first-order chi connectivity index (χ1) is 19.5. The van der Waals surface area contributed by atoms with E-state index < -0.39 is 0 Å². The molecule has 4 heteroatoms. The molecular weight excluding hydrogens is 496 g/mol. The molecule has 0 radical (unpaired) electrons. The van der Waals surface area contributed by atoms with Crippen LogP contribution in [0.1, 0.15) is 63.7 Å². The van der Waals surface area contributed by atoms with Crippen LogP contribution in [0, 0.1) is 0 Å². The van der Waals surface area contributed by atoms with Crippen molar-refractivity contribution in [1.82, 2.24) is 0 Å². The van der Waals surface area contributed by atoms with Gasteiger partial charge in [-0.15, -0.1) is 0 Å². The van der Waals surface area contributed by atoms with Crippen LogP contribution >= 0.6 is 0 Å². The first-order valence-corrected chi connectivity index (χ1v) is 12.8. The highest BCUT2D eigenvalue weighted by molar-refractivity contribution is 6.19. The zero-order valence-electron chi connectivity index (χ0n) is 21.5. The highest BCUT2D eigenvalue weighted by Crippen LogP contribution is 2.20. The van der Waals surface area contributed by atoms with Crippen molar-refractivity contribution in [1.29, 1.82) is 0 Å².